The summed E-state index contributed by atoms with van der Waals surface area (Å²) in [7, 11) is 1.88. The maximum absolute atomic E-state index is 12.0. The average Bonchev–Trinajstić information content (AvgIpc) is 2.42. The van der Waals surface area contributed by atoms with Gasteiger partial charge in [0.15, 0.2) is 0 Å². The molecule has 0 radical (unpaired) electrons. The molecule has 1 saturated carbocycles. The zero-order valence-electron chi connectivity index (χ0n) is 9.72. The minimum atomic E-state index is 0.157. The molecule has 0 aromatic heterocycles. The fourth-order valence-electron chi connectivity index (χ4n) is 2.27. The largest absolute Gasteiger partial charge is 0.345 e. The number of alkyl halides is 1. The van der Waals surface area contributed by atoms with Crippen molar-refractivity contribution in [1.29, 1.82) is 0 Å². The van der Waals surface area contributed by atoms with E-state index in [9.17, 15) is 4.79 Å². The van der Waals surface area contributed by atoms with E-state index in [-0.39, 0.29) is 16.7 Å². The third-order valence-electron chi connectivity index (χ3n) is 4.06. The number of carbonyl (C=O) groups is 1. The Balaban J connectivity index is 2.66. The molecule has 82 valence electrons. The number of nitrogens with zero attached hydrogens (tertiary/aromatic N) is 1. The molecule has 3 heteroatoms. The molecule has 1 amide bonds. The number of amides is 1. The molecule has 0 aromatic carbocycles. The van der Waals surface area contributed by atoms with E-state index in [1.165, 1.54) is 0 Å². The number of hydrogen-bond donors (Lipinski definition) is 0. The Kier molecular flexibility index (Phi) is 3.01. The van der Waals surface area contributed by atoms with E-state index in [1.807, 2.05) is 11.9 Å². The van der Waals surface area contributed by atoms with Crippen molar-refractivity contribution in [2.45, 2.75) is 27.7 Å². The number of rotatable bonds is 3. The highest BCUT2D eigenvalue weighted by Crippen LogP contribution is 2.68. The molecule has 0 heterocycles. The van der Waals surface area contributed by atoms with Crippen molar-refractivity contribution in [2.24, 2.45) is 16.7 Å². The van der Waals surface area contributed by atoms with Crippen LogP contribution in [-0.4, -0.2) is 29.7 Å². The second kappa shape index (κ2) is 3.51. The van der Waals surface area contributed by atoms with Crippen LogP contribution in [0, 0.1) is 16.7 Å². The molecule has 1 aliphatic rings. The molecule has 0 atom stereocenters. The average molecular weight is 262 g/mol. The van der Waals surface area contributed by atoms with E-state index < -0.39 is 0 Å². The highest BCUT2D eigenvalue weighted by Gasteiger charge is 2.68. The van der Waals surface area contributed by atoms with Crippen molar-refractivity contribution in [3.05, 3.63) is 0 Å². The minimum absolute atomic E-state index is 0.157. The van der Waals surface area contributed by atoms with Gasteiger partial charge in [0.25, 0.3) is 0 Å². The molecule has 1 rings (SSSR count). The number of hydrogen-bond acceptors (Lipinski definition) is 1. The van der Waals surface area contributed by atoms with Gasteiger partial charge >= 0.3 is 0 Å². The summed E-state index contributed by atoms with van der Waals surface area (Å²) in [6, 6.07) is 0. The first-order valence-corrected chi connectivity index (χ1v) is 6.20. The maximum atomic E-state index is 12.0. The van der Waals surface area contributed by atoms with Crippen molar-refractivity contribution < 1.29 is 4.79 Å². The van der Waals surface area contributed by atoms with Crippen LogP contribution in [0.4, 0.5) is 0 Å². The molecule has 0 spiro atoms. The van der Waals surface area contributed by atoms with Gasteiger partial charge in [0.1, 0.15) is 0 Å². The third kappa shape index (κ3) is 1.60. The Morgan fingerprint density at radius 1 is 1.29 bits per heavy atom. The highest BCUT2D eigenvalue weighted by atomic mass is 79.9. The summed E-state index contributed by atoms with van der Waals surface area (Å²) < 4.78 is 0. The zero-order valence-corrected chi connectivity index (χ0v) is 11.3. The van der Waals surface area contributed by atoms with E-state index >= 15 is 0 Å². The lowest BCUT2D eigenvalue weighted by Gasteiger charge is -2.16. The van der Waals surface area contributed by atoms with E-state index in [0.717, 1.165) is 11.9 Å². The van der Waals surface area contributed by atoms with Gasteiger partial charge < -0.3 is 4.90 Å². The second-order valence-electron chi connectivity index (χ2n) is 5.33. The lowest BCUT2D eigenvalue weighted by atomic mass is 10.0. The molecule has 0 aliphatic heterocycles. The second-order valence-corrected chi connectivity index (χ2v) is 6.12. The molecule has 0 unspecified atom stereocenters. The van der Waals surface area contributed by atoms with Gasteiger partial charge in [-0.3, -0.25) is 4.79 Å². The van der Waals surface area contributed by atoms with E-state index in [4.69, 9.17) is 0 Å². The summed E-state index contributed by atoms with van der Waals surface area (Å²) in [6.45, 7) is 9.51. The Labute approximate surface area is 95.2 Å². The van der Waals surface area contributed by atoms with Crippen molar-refractivity contribution in [1.82, 2.24) is 4.90 Å². The Morgan fingerprint density at radius 2 is 1.71 bits per heavy atom. The van der Waals surface area contributed by atoms with Crippen LogP contribution in [0.25, 0.3) is 0 Å². The van der Waals surface area contributed by atoms with Gasteiger partial charge in [-0.15, -0.1) is 0 Å². The van der Waals surface area contributed by atoms with Crippen LogP contribution in [0.15, 0.2) is 0 Å². The molecule has 0 N–H and O–H groups in total. The summed E-state index contributed by atoms with van der Waals surface area (Å²) in [4.78, 5) is 13.9. The van der Waals surface area contributed by atoms with Crippen molar-refractivity contribution in [3.8, 4) is 0 Å². The van der Waals surface area contributed by atoms with Crippen LogP contribution >= 0.6 is 15.9 Å². The summed E-state index contributed by atoms with van der Waals surface area (Å²) in [5, 5.41) is 0.850. The third-order valence-corrected chi connectivity index (χ3v) is 4.42. The lowest BCUT2D eigenvalue weighted by molar-refractivity contribution is -0.132. The predicted molar refractivity (Wildman–Crippen MR) is 62.5 cm³/mol. The van der Waals surface area contributed by atoms with Crippen molar-refractivity contribution in [2.75, 3.05) is 18.9 Å². The van der Waals surface area contributed by atoms with Gasteiger partial charge in [-0.1, -0.05) is 43.6 Å². The smallest absolute Gasteiger partial charge is 0.226 e. The molecule has 1 fully saturated rings. The van der Waals surface area contributed by atoms with Gasteiger partial charge in [0.05, 0.1) is 0 Å². The van der Waals surface area contributed by atoms with E-state index in [0.29, 0.717) is 5.91 Å². The topological polar surface area (TPSA) is 20.3 Å². The fraction of sp³-hybridized carbons (Fsp3) is 0.909. The lowest BCUT2D eigenvalue weighted by Crippen LogP contribution is -2.31. The summed E-state index contributed by atoms with van der Waals surface area (Å²) in [5.74, 6) is 0.485. The normalized spacial score (nSPS) is 23.3. The van der Waals surface area contributed by atoms with Crippen LogP contribution in [-0.2, 0) is 4.79 Å². The van der Waals surface area contributed by atoms with Crippen LogP contribution in [0.2, 0.25) is 0 Å². The molecule has 1 aliphatic carbocycles. The monoisotopic (exact) mass is 261 g/mol. The van der Waals surface area contributed by atoms with Crippen LogP contribution in [0.3, 0.4) is 0 Å². The molecule has 0 aromatic rings. The highest BCUT2D eigenvalue weighted by molar-refractivity contribution is 9.09. The Morgan fingerprint density at radius 3 is 2.00 bits per heavy atom. The number of halogens is 1. The molecular weight excluding hydrogens is 242 g/mol. The van der Waals surface area contributed by atoms with Gasteiger partial charge in [0, 0.05) is 24.8 Å². The van der Waals surface area contributed by atoms with Crippen molar-refractivity contribution >= 4 is 21.8 Å². The SMILES string of the molecule is CN(CCBr)C(=O)C1C(C)(C)C1(C)C. The summed E-state index contributed by atoms with van der Waals surface area (Å²) in [5.41, 5.74) is 0.315. The van der Waals surface area contributed by atoms with E-state index in [2.05, 4.69) is 43.6 Å². The quantitative estimate of drug-likeness (QED) is 0.716. The standard InChI is InChI=1S/C11H20BrNO/c1-10(2)8(11(10,3)4)9(14)13(5)7-6-12/h8H,6-7H2,1-5H3. The van der Waals surface area contributed by atoms with Crippen LogP contribution in [0.5, 0.6) is 0 Å². The van der Waals surface area contributed by atoms with Crippen LogP contribution in [0.1, 0.15) is 27.7 Å². The summed E-state index contributed by atoms with van der Waals surface area (Å²) >= 11 is 3.35. The fourth-order valence-corrected chi connectivity index (χ4v) is 2.80. The molecule has 2 nitrogen and oxygen atoms in total. The molecule has 14 heavy (non-hydrogen) atoms. The van der Waals surface area contributed by atoms with Gasteiger partial charge in [0.2, 0.25) is 5.91 Å². The van der Waals surface area contributed by atoms with Gasteiger partial charge in [-0.2, -0.15) is 0 Å². The van der Waals surface area contributed by atoms with Crippen molar-refractivity contribution in [3.63, 3.8) is 0 Å². The van der Waals surface area contributed by atoms with E-state index in [1.54, 1.807) is 0 Å². The first-order valence-electron chi connectivity index (χ1n) is 5.07. The molecule has 0 bridgehead atoms. The van der Waals surface area contributed by atoms with Gasteiger partial charge in [-0.05, 0) is 10.8 Å². The van der Waals surface area contributed by atoms with Crippen LogP contribution < -0.4 is 0 Å². The first-order chi connectivity index (χ1) is 6.26. The molecular formula is C11H20BrNO. The molecule has 0 saturated heterocycles. The minimum Gasteiger partial charge on any atom is -0.345 e. The first kappa shape index (κ1) is 12.0. The zero-order chi connectivity index (χ0) is 11.1. The summed E-state index contributed by atoms with van der Waals surface area (Å²) in [6.07, 6.45) is 0. The number of carbonyl (C=O) groups excluding carboxylic acids is 1. The van der Waals surface area contributed by atoms with Gasteiger partial charge in [-0.25, -0.2) is 0 Å². The Bertz CT molecular complexity index is 234. The Hall–Kier alpha value is -0.0500. The predicted octanol–water partition coefficient (Wildman–Crippen LogP) is 2.52. The maximum Gasteiger partial charge on any atom is 0.226 e.